The van der Waals surface area contributed by atoms with Crippen molar-refractivity contribution >= 4 is 17.2 Å². The van der Waals surface area contributed by atoms with Crippen molar-refractivity contribution in [3.63, 3.8) is 0 Å². The van der Waals surface area contributed by atoms with Crippen LogP contribution in [0.5, 0.6) is 0 Å². The second-order valence-corrected chi connectivity index (χ2v) is 7.53. The fourth-order valence-corrected chi connectivity index (χ4v) is 4.83. The zero-order valence-corrected chi connectivity index (χ0v) is 14.0. The minimum atomic E-state index is 0.0557. The zero-order valence-electron chi connectivity index (χ0n) is 13.2. The summed E-state index contributed by atoms with van der Waals surface area (Å²) in [7, 11) is 0. The Balaban J connectivity index is 1.43. The van der Waals surface area contributed by atoms with Gasteiger partial charge in [-0.1, -0.05) is 0 Å². The quantitative estimate of drug-likeness (QED) is 0.914. The van der Waals surface area contributed by atoms with Crippen LogP contribution in [0.1, 0.15) is 51.2 Å². The van der Waals surface area contributed by atoms with Crippen molar-refractivity contribution in [1.82, 2.24) is 10.2 Å². The van der Waals surface area contributed by atoms with Crippen LogP contribution in [0.3, 0.4) is 0 Å². The van der Waals surface area contributed by atoms with Gasteiger partial charge in [0.1, 0.15) is 5.76 Å². The Morgan fingerprint density at radius 1 is 1.30 bits per heavy atom. The average molecular weight is 330 g/mol. The number of rotatable bonds is 5. The Hall–Kier alpha value is -1.59. The van der Waals surface area contributed by atoms with Crippen LogP contribution in [-0.4, -0.2) is 30.4 Å². The summed E-state index contributed by atoms with van der Waals surface area (Å²) in [4.78, 5) is 17.2. The normalized spacial score (nSPS) is 19.0. The molecule has 2 aliphatic rings. The van der Waals surface area contributed by atoms with Crippen molar-refractivity contribution < 1.29 is 9.21 Å². The first-order chi connectivity index (χ1) is 11.3. The maximum Gasteiger partial charge on any atom is 0.261 e. The average Bonchev–Trinajstić information content (AvgIpc) is 3.31. The highest BCUT2D eigenvalue weighted by Crippen LogP contribution is 2.31. The molecule has 0 aromatic carbocycles. The van der Waals surface area contributed by atoms with Crippen LogP contribution in [-0.2, 0) is 12.8 Å². The van der Waals surface area contributed by atoms with Gasteiger partial charge in [-0.2, -0.15) is 0 Å². The molecule has 2 aromatic heterocycles. The number of nitrogens with one attached hydrogen (secondary N) is 1. The number of fused-ring (bicyclic) bond motifs is 1. The van der Waals surface area contributed by atoms with Crippen LogP contribution in [0, 0.1) is 0 Å². The van der Waals surface area contributed by atoms with Gasteiger partial charge >= 0.3 is 0 Å². The Morgan fingerprint density at radius 3 is 2.91 bits per heavy atom. The van der Waals surface area contributed by atoms with Gasteiger partial charge < -0.3 is 9.73 Å². The van der Waals surface area contributed by atoms with Crippen LogP contribution >= 0.6 is 11.3 Å². The van der Waals surface area contributed by atoms with E-state index in [4.69, 9.17) is 4.42 Å². The van der Waals surface area contributed by atoms with E-state index in [2.05, 4.69) is 16.3 Å². The van der Waals surface area contributed by atoms with Crippen molar-refractivity contribution in [2.45, 2.75) is 38.1 Å². The van der Waals surface area contributed by atoms with E-state index in [1.54, 1.807) is 17.6 Å². The third-order valence-corrected chi connectivity index (χ3v) is 6.12. The predicted molar refractivity (Wildman–Crippen MR) is 90.9 cm³/mol. The van der Waals surface area contributed by atoms with Gasteiger partial charge in [0.2, 0.25) is 0 Å². The summed E-state index contributed by atoms with van der Waals surface area (Å²) in [5.74, 6) is 1.00. The van der Waals surface area contributed by atoms with Crippen molar-refractivity contribution in [3.8, 4) is 0 Å². The molecule has 0 radical (unpaired) electrons. The van der Waals surface area contributed by atoms with Crippen LogP contribution in [0.2, 0.25) is 0 Å². The van der Waals surface area contributed by atoms with E-state index in [9.17, 15) is 4.79 Å². The molecule has 2 aromatic rings. The SMILES string of the molecule is O=C(NC[C@H](c1ccco1)N1CCCC1)c1cc2c(s1)CCC2. The molecule has 0 bridgehead atoms. The minimum Gasteiger partial charge on any atom is -0.468 e. The second kappa shape index (κ2) is 6.49. The van der Waals surface area contributed by atoms with E-state index < -0.39 is 0 Å². The molecule has 0 unspecified atom stereocenters. The number of hydrogen-bond donors (Lipinski definition) is 1. The first-order valence-corrected chi connectivity index (χ1v) is 9.30. The summed E-state index contributed by atoms with van der Waals surface area (Å²) in [5.41, 5.74) is 1.38. The highest BCUT2D eigenvalue weighted by atomic mass is 32.1. The lowest BCUT2D eigenvalue weighted by molar-refractivity contribution is 0.0938. The maximum absolute atomic E-state index is 12.5. The molecule has 1 saturated heterocycles. The van der Waals surface area contributed by atoms with Gasteiger partial charge in [0.05, 0.1) is 17.2 Å². The lowest BCUT2D eigenvalue weighted by Crippen LogP contribution is -2.36. The van der Waals surface area contributed by atoms with E-state index in [0.717, 1.165) is 36.6 Å². The molecule has 1 aliphatic heterocycles. The summed E-state index contributed by atoms with van der Waals surface area (Å²) < 4.78 is 5.61. The molecule has 1 fully saturated rings. The van der Waals surface area contributed by atoms with Gasteiger partial charge in [-0.3, -0.25) is 9.69 Å². The molecule has 5 heteroatoms. The molecule has 3 heterocycles. The van der Waals surface area contributed by atoms with E-state index >= 15 is 0 Å². The molecule has 1 N–H and O–H groups in total. The van der Waals surface area contributed by atoms with Crippen LogP contribution < -0.4 is 5.32 Å². The lowest BCUT2D eigenvalue weighted by Gasteiger charge is -2.25. The first-order valence-electron chi connectivity index (χ1n) is 8.48. The minimum absolute atomic E-state index is 0.0557. The number of carbonyl (C=O) groups excluding carboxylic acids is 1. The van der Waals surface area contributed by atoms with Crippen LogP contribution in [0.25, 0.3) is 0 Å². The number of furan rings is 1. The lowest BCUT2D eigenvalue weighted by atomic mass is 10.2. The Morgan fingerprint density at radius 2 is 2.17 bits per heavy atom. The molecule has 0 spiro atoms. The number of amides is 1. The van der Waals surface area contributed by atoms with E-state index in [1.165, 1.54) is 29.7 Å². The summed E-state index contributed by atoms with van der Waals surface area (Å²) in [6, 6.07) is 6.15. The van der Waals surface area contributed by atoms with Gasteiger partial charge in [-0.15, -0.1) is 11.3 Å². The number of nitrogens with zero attached hydrogens (tertiary/aromatic N) is 1. The number of thiophene rings is 1. The summed E-state index contributed by atoms with van der Waals surface area (Å²) in [6.45, 7) is 2.76. The number of aryl methyl sites for hydroxylation is 2. The molecule has 1 atom stereocenters. The number of carbonyl (C=O) groups is 1. The highest BCUT2D eigenvalue weighted by Gasteiger charge is 2.26. The van der Waals surface area contributed by atoms with Gasteiger partial charge in [-0.25, -0.2) is 0 Å². The third-order valence-electron chi connectivity index (χ3n) is 4.88. The molecule has 122 valence electrons. The van der Waals surface area contributed by atoms with Crippen molar-refractivity contribution in [2.75, 3.05) is 19.6 Å². The topological polar surface area (TPSA) is 45.5 Å². The summed E-state index contributed by atoms with van der Waals surface area (Å²) in [5, 5.41) is 3.12. The zero-order chi connectivity index (χ0) is 15.6. The van der Waals surface area contributed by atoms with Gasteiger partial charge in [-0.05, 0) is 69.0 Å². The van der Waals surface area contributed by atoms with E-state index in [0.29, 0.717) is 6.54 Å². The number of likely N-dealkylation sites (tertiary alicyclic amines) is 1. The maximum atomic E-state index is 12.5. The second-order valence-electron chi connectivity index (χ2n) is 6.40. The molecule has 23 heavy (non-hydrogen) atoms. The Kier molecular flexibility index (Phi) is 4.23. The number of hydrogen-bond acceptors (Lipinski definition) is 4. The predicted octanol–water partition coefficient (Wildman–Crippen LogP) is 3.40. The largest absolute Gasteiger partial charge is 0.468 e. The highest BCUT2D eigenvalue weighted by molar-refractivity contribution is 7.14. The summed E-state index contributed by atoms with van der Waals surface area (Å²) in [6.07, 6.45) is 7.66. The fraction of sp³-hybridized carbons (Fsp3) is 0.500. The van der Waals surface area contributed by atoms with Gasteiger partial charge in [0.15, 0.2) is 0 Å². The molecule has 4 rings (SSSR count). The molecular weight excluding hydrogens is 308 g/mol. The van der Waals surface area contributed by atoms with E-state index in [1.807, 2.05) is 12.1 Å². The molecule has 4 nitrogen and oxygen atoms in total. The smallest absolute Gasteiger partial charge is 0.261 e. The van der Waals surface area contributed by atoms with Gasteiger partial charge in [0, 0.05) is 11.4 Å². The first kappa shape index (κ1) is 15.0. The monoisotopic (exact) mass is 330 g/mol. The van der Waals surface area contributed by atoms with Crippen LogP contribution in [0.4, 0.5) is 0 Å². The third kappa shape index (κ3) is 3.08. The molecular formula is C18H22N2O2S. The summed E-state index contributed by atoms with van der Waals surface area (Å²) >= 11 is 1.66. The van der Waals surface area contributed by atoms with Crippen molar-refractivity contribution in [2.24, 2.45) is 0 Å². The molecule has 0 saturated carbocycles. The Labute approximate surface area is 140 Å². The fourth-order valence-electron chi connectivity index (χ4n) is 3.66. The van der Waals surface area contributed by atoms with Crippen LogP contribution in [0.15, 0.2) is 28.9 Å². The molecule has 1 amide bonds. The van der Waals surface area contributed by atoms with Gasteiger partial charge in [0.25, 0.3) is 5.91 Å². The molecule has 1 aliphatic carbocycles. The van der Waals surface area contributed by atoms with E-state index in [-0.39, 0.29) is 11.9 Å². The van der Waals surface area contributed by atoms with Crippen molar-refractivity contribution in [1.29, 1.82) is 0 Å². The standard InChI is InChI=1S/C18H22N2O2S/c21-18(17-11-13-5-3-7-16(13)23-17)19-12-14(15-6-4-10-22-15)20-8-1-2-9-20/h4,6,10-11,14H,1-3,5,7-9,12H2,(H,19,21)/t14-/m1/s1. The van der Waals surface area contributed by atoms with Crippen molar-refractivity contribution in [3.05, 3.63) is 45.5 Å². The Bertz CT molecular complexity index is 650.